The lowest BCUT2D eigenvalue weighted by Crippen LogP contribution is -2.24. The van der Waals surface area contributed by atoms with Crippen LogP contribution in [0.3, 0.4) is 0 Å². The van der Waals surface area contributed by atoms with Crippen LogP contribution in [0.4, 0.5) is 5.69 Å². The Hall–Kier alpha value is -1.67. The van der Waals surface area contributed by atoms with Crippen LogP contribution in [0, 0.1) is 5.41 Å². The van der Waals surface area contributed by atoms with Crippen LogP contribution in [0.25, 0.3) is 0 Å². The first-order chi connectivity index (χ1) is 10.0. The second-order valence-electron chi connectivity index (χ2n) is 6.29. The molecule has 1 unspecified atom stereocenters. The van der Waals surface area contributed by atoms with E-state index in [0.29, 0.717) is 16.8 Å². The predicted octanol–water partition coefficient (Wildman–Crippen LogP) is 5.08. The fourth-order valence-electron chi connectivity index (χ4n) is 3.18. The van der Waals surface area contributed by atoms with E-state index in [2.05, 4.69) is 43.4 Å². The predicted molar refractivity (Wildman–Crippen MR) is 88.3 cm³/mol. The second-order valence-corrected chi connectivity index (χ2v) is 6.70. The van der Waals surface area contributed by atoms with E-state index >= 15 is 0 Å². The molecule has 0 fully saturated rings. The molecule has 0 aliphatic heterocycles. The highest BCUT2D eigenvalue weighted by molar-refractivity contribution is 6.32. The summed E-state index contributed by atoms with van der Waals surface area (Å²) in [7, 11) is 1.64. The van der Waals surface area contributed by atoms with Gasteiger partial charge in [-0.25, -0.2) is 0 Å². The minimum Gasteiger partial charge on any atom is -0.495 e. The van der Waals surface area contributed by atoms with Gasteiger partial charge in [0.1, 0.15) is 5.75 Å². The monoisotopic (exact) mass is 301 g/mol. The van der Waals surface area contributed by atoms with E-state index in [1.54, 1.807) is 7.11 Å². The van der Waals surface area contributed by atoms with Gasteiger partial charge in [-0.15, -0.1) is 0 Å². The molecule has 0 aromatic heterocycles. The summed E-state index contributed by atoms with van der Waals surface area (Å²) in [5.74, 6) is 0.700. The zero-order valence-electron chi connectivity index (χ0n) is 12.6. The Morgan fingerprint density at radius 1 is 1.19 bits per heavy atom. The van der Waals surface area contributed by atoms with Crippen molar-refractivity contribution >= 4 is 17.3 Å². The van der Waals surface area contributed by atoms with Crippen LogP contribution in [0.1, 0.15) is 31.0 Å². The fraction of sp³-hybridized carbons (Fsp3) is 0.333. The summed E-state index contributed by atoms with van der Waals surface area (Å²) >= 11 is 6.10. The van der Waals surface area contributed by atoms with Crippen molar-refractivity contribution < 1.29 is 4.74 Å². The Labute approximate surface area is 131 Å². The van der Waals surface area contributed by atoms with Crippen LogP contribution in [-0.2, 0) is 6.42 Å². The molecule has 0 heterocycles. The maximum atomic E-state index is 6.10. The highest BCUT2D eigenvalue weighted by atomic mass is 35.5. The third kappa shape index (κ3) is 2.60. The van der Waals surface area contributed by atoms with Gasteiger partial charge >= 0.3 is 0 Å². The number of halogens is 1. The van der Waals surface area contributed by atoms with E-state index in [9.17, 15) is 0 Å². The van der Waals surface area contributed by atoms with Gasteiger partial charge in [0.05, 0.1) is 18.2 Å². The first kappa shape index (κ1) is 14.3. The number of fused-ring (bicyclic) bond motifs is 1. The van der Waals surface area contributed by atoms with Crippen molar-refractivity contribution in [1.29, 1.82) is 0 Å². The molecule has 3 heteroatoms. The molecule has 21 heavy (non-hydrogen) atoms. The summed E-state index contributed by atoms with van der Waals surface area (Å²) < 4.78 is 5.30. The van der Waals surface area contributed by atoms with Crippen molar-refractivity contribution in [2.24, 2.45) is 5.41 Å². The molecule has 1 aliphatic rings. The molecule has 0 saturated heterocycles. The van der Waals surface area contributed by atoms with Crippen LogP contribution >= 0.6 is 11.6 Å². The number of ether oxygens (including phenoxy) is 1. The third-order valence-electron chi connectivity index (χ3n) is 4.26. The molecule has 1 N–H and O–H groups in total. The number of hydrogen-bond acceptors (Lipinski definition) is 2. The molecule has 3 rings (SSSR count). The van der Waals surface area contributed by atoms with E-state index in [1.807, 2.05) is 18.2 Å². The van der Waals surface area contributed by atoms with Crippen molar-refractivity contribution in [3.05, 3.63) is 58.6 Å². The molecule has 0 radical (unpaired) electrons. The molecule has 2 aromatic rings. The molecular weight excluding hydrogens is 282 g/mol. The number of benzene rings is 2. The van der Waals surface area contributed by atoms with E-state index < -0.39 is 0 Å². The molecule has 1 aliphatic carbocycles. The molecule has 0 saturated carbocycles. The molecular formula is C18H20ClNO. The lowest BCUT2D eigenvalue weighted by molar-refractivity contribution is 0.337. The minimum absolute atomic E-state index is 0.177. The van der Waals surface area contributed by atoms with Crippen molar-refractivity contribution in [2.75, 3.05) is 12.4 Å². The minimum atomic E-state index is 0.177. The first-order valence-electron chi connectivity index (χ1n) is 7.19. The Morgan fingerprint density at radius 2 is 1.95 bits per heavy atom. The molecule has 2 nitrogen and oxygen atoms in total. The average molecular weight is 302 g/mol. The van der Waals surface area contributed by atoms with Gasteiger partial charge < -0.3 is 10.1 Å². The Kier molecular flexibility index (Phi) is 3.58. The Balaban J connectivity index is 1.93. The first-order valence-corrected chi connectivity index (χ1v) is 7.57. The fourth-order valence-corrected chi connectivity index (χ4v) is 3.37. The van der Waals surface area contributed by atoms with E-state index in [0.717, 1.165) is 12.1 Å². The molecule has 2 aromatic carbocycles. The highest BCUT2D eigenvalue weighted by Gasteiger charge is 2.38. The van der Waals surface area contributed by atoms with Gasteiger partial charge in [0.25, 0.3) is 0 Å². The van der Waals surface area contributed by atoms with Gasteiger partial charge in [-0.1, -0.05) is 49.7 Å². The highest BCUT2D eigenvalue weighted by Crippen LogP contribution is 2.47. The summed E-state index contributed by atoms with van der Waals surface area (Å²) in [5.41, 5.74) is 4.03. The topological polar surface area (TPSA) is 21.3 Å². The van der Waals surface area contributed by atoms with E-state index in [-0.39, 0.29) is 5.41 Å². The molecule has 0 bridgehead atoms. The number of rotatable bonds is 3. The van der Waals surface area contributed by atoms with Crippen molar-refractivity contribution in [2.45, 2.75) is 26.3 Å². The SMILES string of the molecule is COc1cc(NC2c3ccccc3CC2(C)C)ccc1Cl. The summed E-state index contributed by atoms with van der Waals surface area (Å²) in [5, 5.41) is 4.28. The molecule has 0 spiro atoms. The van der Waals surface area contributed by atoms with Crippen LogP contribution in [0.2, 0.25) is 5.02 Å². The maximum Gasteiger partial charge on any atom is 0.139 e. The summed E-state index contributed by atoms with van der Waals surface area (Å²) in [6.07, 6.45) is 1.09. The van der Waals surface area contributed by atoms with Gasteiger partial charge in [0, 0.05) is 11.8 Å². The zero-order chi connectivity index (χ0) is 15.0. The van der Waals surface area contributed by atoms with E-state index in [4.69, 9.17) is 16.3 Å². The van der Waals surface area contributed by atoms with Crippen molar-refractivity contribution in [3.63, 3.8) is 0 Å². The average Bonchev–Trinajstić information content (AvgIpc) is 2.71. The van der Waals surface area contributed by atoms with Gasteiger partial charge in [-0.3, -0.25) is 0 Å². The smallest absolute Gasteiger partial charge is 0.139 e. The van der Waals surface area contributed by atoms with Crippen molar-refractivity contribution in [1.82, 2.24) is 0 Å². The molecule has 0 amide bonds. The normalized spacial score (nSPS) is 19.1. The van der Waals surface area contributed by atoms with Gasteiger partial charge in [-0.2, -0.15) is 0 Å². The van der Waals surface area contributed by atoms with Gasteiger partial charge in [0.2, 0.25) is 0 Å². The quantitative estimate of drug-likeness (QED) is 0.853. The van der Waals surface area contributed by atoms with Crippen LogP contribution < -0.4 is 10.1 Å². The van der Waals surface area contributed by atoms with Gasteiger partial charge in [0.15, 0.2) is 0 Å². The molecule has 110 valence electrons. The Morgan fingerprint density at radius 3 is 2.71 bits per heavy atom. The standard InChI is InChI=1S/C18H20ClNO/c1-18(2)11-12-6-4-5-7-14(12)17(18)20-13-8-9-15(19)16(10-13)21-3/h4-10,17,20H,11H2,1-3H3. The molecule has 1 atom stereocenters. The number of anilines is 1. The van der Waals surface area contributed by atoms with Gasteiger partial charge in [-0.05, 0) is 35.1 Å². The number of hydrogen-bond donors (Lipinski definition) is 1. The maximum absolute atomic E-state index is 6.10. The van der Waals surface area contributed by atoms with Crippen LogP contribution in [-0.4, -0.2) is 7.11 Å². The largest absolute Gasteiger partial charge is 0.495 e. The summed E-state index contributed by atoms with van der Waals surface area (Å²) in [4.78, 5) is 0. The summed E-state index contributed by atoms with van der Waals surface area (Å²) in [6.45, 7) is 4.61. The third-order valence-corrected chi connectivity index (χ3v) is 4.57. The van der Waals surface area contributed by atoms with Crippen LogP contribution in [0.5, 0.6) is 5.75 Å². The lowest BCUT2D eigenvalue weighted by Gasteiger charge is -2.29. The lowest BCUT2D eigenvalue weighted by atomic mass is 9.85. The number of nitrogens with one attached hydrogen (secondary N) is 1. The number of methoxy groups -OCH3 is 1. The second kappa shape index (κ2) is 5.27. The Bertz CT molecular complexity index is 666. The van der Waals surface area contributed by atoms with Crippen molar-refractivity contribution in [3.8, 4) is 5.75 Å². The van der Waals surface area contributed by atoms with Crippen LogP contribution in [0.15, 0.2) is 42.5 Å². The van der Waals surface area contributed by atoms with E-state index in [1.165, 1.54) is 11.1 Å². The zero-order valence-corrected chi connectivity index (χ0v) is 13.4. The summed E-state index contributed by atoms with van der Waals surface area (Å²) in [6, 6.07) is 14.8.